The molecular formula is C31H36N2O3. The summed E-state index contributed by atoms with van der Waals surface area (Å²) in [5, 5.41) is 0. The van der Waals surface area contributed by atoms with Crippen LogP contribution in [0.15, 0.2) is 82.4 Å². The van der Waals surface area contributed by atoms with Crippen LogP contribution in [-0.4, -0.2) is 28.5 Å². The predicted octanol–water partition coefficient (Wildman–Crippen LogP) is 5.69. The summed E-state index contributed by atoms with van der Waals surface area (Å²) in [6.07, 6.45) is 13.9. The van der Waals surface area contributed by atoms with Crippen LogP contribution in [0.25, 0.3) is 0 Å². The average Bonchev–Trinajstić information content (AvgIpc) is 3.77. The summed E-state index contributed by atoms with van der Waals surface area (Å²) in [6, 6.07) is 17.7. The predicted molar refractivity (Wildman–Crippen MR) is 142 cm³/mol. The fourth-order valence-corrected chi connectivity index (χ4v) is 5.30. The van der Waals surface area contributed by atoms with E-state index < -0.39 is 0 Å². The van der Waals surface area contributed by atoms with Crippen LogP contribution >= 0.6 is 0 Å². The molecule has 2 saturated carbocycles. The summed E-state index contributed by atoms with van der Waals surface area (Å²) in [5.74, 6) is -0.0792. The third-order valence-electron chi connectivity index (χ3n) is 8.27. The monoisotopic (exact) mass is 484 g/mol. The summed E-state index contributed by atoms with van der Waals surface area (Å²) in [4.78, 5) is 24.8. The van der Waals surface area contributed by atoms with Crippen LogP contribution in [0.2, 0.25) is 0 Å². The van der Waals surface area contributed by atoms with Gasteiger partial charge in [-0.1, -0.05) is 65.7 Å². The average molecular weight is 485 g/mol. The van der Waals surface area contributed by atoms with Gasteiger partial charge >= 0.3 is 5.76 Å². The van der Waals surface area contributed by atoms with Gasteiger partial charge in [-0.05, 0) is 74.3 Å². The first-order chi connectivity index (χ1) is 17.4. The standard InChI is InChI=1S/C16H19NO.C15H17NO2/c1-13-4-6-14(7-5-13)16(8-9-16)10-12-17-11-2-3-15(17)18;1-12-2-4-13(5-3-12)15(6-7-15)8-9-16-10-11-18-14(16)17/h2-7H,8-12H2,1H3;2-5,10-11H,6-9H2,1H3. The number of nitrogens with zero attached hydrogens (tertiary/aromatic N) is 2. The normalized spacial score (nSPS) is 18.6. The van der Waals surface area contributed by atoms with E-state index in [1.807, 2.05) is 11.0 Å². The van der Waals surface area contributed by atoms with E-state index in [1.165, 1.54) is 54.2 Å². The first-order valence-electron chi connectivity index (χ1n) is 13.1. The lowest BCUT2D eigenvalue weighted by Gasteiger charge is -2.21. The fraction of sp³-hybridized carbons (Fsp3) is 0.419. The highest BCUT2D eigenvalue weighted by Gasteiger charge is 2.44. The third-order valence-corrected chi connectivity index (χ3v) is 8.27. The Morgan fingerprint density at radius 1 is 0.778 bits per heavy atom. The largest absolute Gasteiger partial charge is 0.418 e. The highest BCUT2D eigenvalue weighted by Crippen LogP contribution is 2.52. The molecule has 1 aromatic heterocycles. The topological polar surface area (TPSA) is 55.5 Å². The zero-order valence-corrected chi connectivity index (χ0v) is 21.4. The number of amides is 1. The lowest BCUT2D eigenvalue weighted by Crippen LogP contribution is -2.29. The number of oxazole rings is 1. The van der Waals surface area contributed by atoms with E-state index in [9.17, 15) is 9.59 Å². The molecule has 188 valence electrons. The maximum atomic E-state index is 11.5. The van der Waals surface area contributed by atoms with Crippen molar-refractivity contribution >= 4 is 5.91 Å². The van der Waals surface area contributed by atoms with Gasteiger partial charge in [0.15, 0.2) is 0 Å². The van der Waals surface area contributed by atoms with Gasteiger partial charge in [0.2, 0.25) is 5.91 Å². The Morgan fingerprint density at radius 2 is 1.31 bits per heavy atom. The van der Waals surface area contributed by atoms with Crippen molar-refractivity contribution in [2.45, 2.75) is 69.7 Å². The molecule has 6 rings (SSSR count). The minimum Gasteiger partial charge on any atom is -0.416 e. The number of hydrogen-bond acceptors (Lipinski definition) is 3. The molecule has 1 amide bonds. The van der Waals surface area contributed by atoms with Crippen LogP contribution in [0, 0.1) is 13.8 Å². The summed E-state index contributed by atoms with van der Waals surface area (Å²) < 4.78 is 6.43. The Balaban J connectivity index is 0.000000148. The van der Waals surface area contributed by atoms with Gasteiger partial charge in [-0.2, -0.15) is 0 Å². The molecule has 36 heavy (non-hydrogen) atoms. The number of aromatic nitrogens is 1. The molecule has 0 bridgehead atoms. The smallest absolute Gasteiger partial charge is 0.416 e. The Hall–Kier alpha value is -3.34. The Bertz CT molecular complexity index is 1270. The van der Waals surface area contributed by atoms with Gasteiger partial charge < -0.3 is 9.32 Å². The van der Waals surface area contributed by atoms with E-state index in [-0.39, 0.29) is 11.7 Å². The Morgan fingerprint density at radius 3 is 1.72 bits per heavy atom. The molecule has 5 nitrogen and oxygen atoms in total. The van der Waals surface area contributed by atoms with Crippen molar-refractivity contribution in [3.8, 4) is 0 Å². The zero-order valence-electron chi connectivity index (χ0n) is 21.4. The van der Waals surface area contributed by atoms with E-state index in [2.05, 4.69) is 62.4 Å². The lowest BCUT2D eigenvalue weighted by atomic mass is 9.91. The van der Waals surface area contributed by atoms with Crippen molar-refractivity contribution in [2.75, 3.05) is 13.1 Å². The summed E-state index contributed by atoms with van der Waals surface area (Å²) in [7, 11) is 0. The minimum atomic E-state index is -0.255. The van der Waals surface area contributed by atoms with E-state index in [4.69, 9.17) is 4.42 Å². The SMILES string of the molecule is Cc1ccc(C2(CCN3CC=CC3=O)CC2)cc1.Cc1ccc(C2(CCn3ccoc3=O)CC2)cc1. The lowest BCUT2D eigenvalue weighted by molar-refractivity contribution is -0.124. The summed E-state index contributed by atoms with van der Waals surface area (Å²) in [5.41, 5.74) is 6.12. The minimum absolute atomic E-state index is 0.176. The van der Waals surface area contributed by atoms with Gasteiger partial charge in [0.1, 0.15) is 6.26 Å². The molecule has 3 aromatic rings. The number of carbonyl (C=O) groups excluding carboxylic acids is 1. The van der Waals surface area contributed by atoms with Gasteiger partial charge in [0, 0.05) is 31.9 Å². The van der Waals surface area contributed by atoms with Crippen molar-refractivity contribution in [3.63, 3.8) is 0 Å². The molecule has 2 aromatic carbocycles. The van der Waals surface area contributed by atoms with Crippen molar-refractivity contribution in [2.24, 2.45) is 0 Å². The van der Waals surface area contributed by atoms with E-state index in [1.54, 1.807) is 16.8 Å². The molecule has 1 aliphatic heterocycles. The molecule has 2 fully saturated rings. The van der Waals surface area contributed by atoms with Crippen LogP contribution in [-0.2, 0) is 22.2 Å². The van der Waals surface area contributed by atoms with Crippen molar-refractivity contribution in [1.82, 2.24) is 9.47 Å². The molecule has 0 atom stereocenters. The van der Waals surface area contributed by atoms with Crippen LogP contribution in [0.1, 0.15) is 60.8 Å². The number of rotatable bonds is 8. The van der Waals surface area contributed by atoms with E-state index in [0.29, 0.717) is 10.8 Å². The molecular weight excluding hydrogens is 448 g/mol. The van der Waals surface area contributed by atoms with Gasteiger partial charge in [0.25, 0.3) is 0 Å². The second-order valence-corrected chi connectivity index (χ2v) is 10.8. The quantitative estimate of drug-likeness (QED) is 0.413. The van der Waals surface area contributed by atoms with E-state index in [0.717, 1.165) is 32.5 Å². The number of carbonyl (C=O) groups is 1. The maximum absolute atomic E-state index is 11.5. The van der Waals surface area contributed by atoms with Gasteiger partial charge in [-0.3, -0.25) is 9.36 Å². The van der Waals surface area contributed by atoms with Gasteiger partial charge in [0.05, 0.1) is 0 Å². The number of aryl methyl sites for hydroxylation is 3. The molecule has 0 radical (unpaired) electrons. The molecule has 0 unspecified atom stereocenters. The van der Waals surface area contributed by atoms with Crippen molar-refractivity contribution < 1.29 is 9.21 Å². The molecule has 0 N–H and O–H groups in total. The number of benzene rings is 2. The molecule has 0 spiro atoms. The zero-order chi connectivity index (χ0) is 25.2. The first kappa shape index (κ1) is 24.4. The van der Waals surface area contributed by atoms with Gasteiger partial charge in [-0.25, -0.2) is 4.79 Å². The summed E-state index contributed by atoms with van der Waals surface area (Å²) >= 11 is 0. The molecule has 5 heteroatoms. The van der Waals surface area contributed by atoms with Crippen molar-refractivity contribution in [3.05, 3.63) is 106 Å². The molecule has 2 heterocycles. The first-order valence-corrected chi connectivity index (χ1v) is 13.1. The van der Waals surface area contributed by atoms with Gasteiger partial charge in [-0.15, -0.1) is 0 Å². The number of hydrogen-bond donors (Lipinski definition) is 0. The highest BCUT2D eigenvalue weighted by atomic mass is 16.4. The van der Waals surface area contributed by atoms with Crippen LogP contribution in [0.5, 0.6) is 0 Å². The molecule has 2 aliphatic carbocycles. The van der Waals surface area contributed by atoms with Crippen LogP contribution in [0.3, 0.4) is 0 Å². The van der Waals surface area contributed by atoms with Crippen LogP contribution < -0.4 is 5.76 Å². The fourth-order valence-electron chi connectivity index (χ4n) is 5.30. The molecule has 3 aliphatic rings. The van der Waals surface area contributed by atoms with E-state index >= 15 is 0 Å². The van der Waals surface area contributed by atoms with Crippen molar-refractivity contribution in [1.29, 1.82) is 0 Å². The van der Waals surface area contributed by atoms with Crippen LogP contribution in [0.4, 0.5) is 0 Å². The highest BCUT2D eigenvalue weighted by molar-refractivity contribution is 5.89. The summed E-state index contributed by atoms with van der Waals surface area (Å²) in [6.45, 7) is 6.65. The Labute approximate surface area is 213 Å². The second kappa shape index (κ2) is 9.96. The third kappa shape index (κ3) is 5.40. The molecule has 0 saturated heterocycles. The Kier molecular flexibility index (Phi) is 6.74. The second-order valence-electron chi connectivity index (χ2n) is 10.8. The maximum Gasteiger partial charge on any atom is 0.418 e.